The first-order valence-electron chi connectivity index (χ1n) is 10.1. The van der Waals surface area contributed by atoms with E-state index in [1.807, 2.05) is 60.7 Å². The maximum atomic E-state index is 12.8. The molecule has 2 aromatic carbocycles. The zero-order chi connectivity index (χ0) is 22.2. The van der Waals surface area contributed by atoms with E-state index >= 15 is 0 Å². The summed E-state index contributed by atoms with van der Waals surface area (Å²) in [5.74, 6) is -0.539. The summed E-state index contributed by atoms with van der Waals surface area (Å²) in [5.41, 5.74) is 2.61. The Hall–Kier alpha value is -3.87. The minimum atomic E-state index is -0.896. The van der Waals surface area contributed by atoms with E-state index in [1.165, 1.54) is 0 Å². The van der Waals surface area contributed by atoms with E-state index in [0.717, 1.165) is 11.1 Å². The highest BCUT2D eigenvalue weighted by Gasteiger charge is 2.23. The number of H-pyrrole nitrogens is 1. The molecule has 3 aromatic rings. The largest absolute Gasteiger partial charge is 0.464 e. The summed E-state index contributed by atoms with van der Waals surface area (Å²) in [5, 5.41) is 5.26. The molecule has 0 aliphatic rings. The van der Waals surface area contributed by atoms with Gasteiger partial charge in [0, 0.05) is 17.7 Å². The average molecular weight is 419 g/mol. The van der Waals surface area contributed by atoms with Crippen LogP contribution in [0.3, 0.4) is 0 Å². The highest BCUT2D eigenvalue weighted by Crippen LogP contribution is 2.25. The van der Waals surface area contributed by atoms with Gasteiger partial charge in [0.2, 0.25) is 0 Å². The molecule has 0 aliphatic heterocycles. The molecule has 7 nitrogen and oxygen atoms in total. The van der Waals surface area contributed by atoms with Gasteiger partial charge in [-0.1, -0.05) is 60.7 Å². The van der Waals surface area contributed by atoms with Gasteiger partial charge in [0.25, 0.3) is 5.56 Å². The zero-order valence-corrected chi connectivity index (χ0v) is 17.5. The summed E-state index contributed by atoms with van der Waals surface area (Å²) in [7, 11) is 0. The number of anilines is 1. The molecule has 7 heteroatoms. The maximum absolute atomic E-state index is 12.8. The van der Waals surface area contributed by atoms with E-state index in [9.17, 15) is 14.4 Å². The fourth-order valence-corrected chi connectivity index (χ4v) is 3.25. The molecule has 0 fully saturated rings. The lowest BCUT2D eigenvalue weighted by Crippen LogP contribution is -2.45. The summed E-state index contributed by atoms with van der Waals surface area (Å²) in [6.45, 7) is 3.67. The van der Waals surface area contributed by atoms with Gasteiger partial charge in [-0.25, -0.2) is 9.59 Å². The second-order valence-electron chi connectivity index (χ2n) is 7.03. The Morgan fingerprint density at radius 3 is 2.32 bits per heavy atom. The van der Waals surface area contributed by atoms with Crippen LogP contribution in [-0.2, 0) is 16.0 Å². The second-order valence-corrected chi connectivity index (χ2v) is 7.03. The molecule has 0 bridgehead atoms. The SMILES string of the molecule is CCOC(=O)[C@H](Cc1ccccc1)NC(=O)Nc1c(-c2ccccc2)cc(C)[nH]c1=O. The van der Waals surface area contributed by atoms with Gasteiger partial charge >= 0.3 is 12.0 Å². The summed E-state index contributed by atoms with van der Waals surface area (Å²) in [6, 6.07) is 18.8. The predicted molar refractivity (Wildman–Crippen MR) is 120 cm³/mol. The number of aromatic nitrogens is 1. The fourth-order valence-electron chi connectivity index (χ4n) is 3.25. The Bertz CT molecular complexity index is 1090. The van der Waals surface area contributed by atoms with Gasteiger partial charge in [0.05, 0.1) is 6.61 Å². The van der Waals surface area contributed by atoms with Crippen molar-refractivity contribution in [2.75, 3.05) is 11.9 Å². The van der Waals surface area contributed by atoms with Crippen molar-refractivity contribution in [3.8, 4) is 11.1 Å². The lowest BCUT2D eigenvalue weighted by molar-refractivity contribution is -0.145. The lowest BCUT2D eigenvalue weighted by atomic mass is 10.0. The molecular weight excluding hydrogens is 394 g/mol. The molecule has 0 aliphatic carbocycles. The predicted octanol–water partition coefficient (Wildman–Crippen LogP) is 3.65. The number of rotatable bonds is 7. The van der Waals surface area contributed by atoms with Crippen molar-refractivity contribution >= 4 is 17.7 Å². The number of urea groups is 1. The summed E-state index contributed by atoms with van der Waals surface area (Å²) >= 11 is 0. The van der Waals surface area contributed by atoms with Gasteiger partial charge in [0.1, 0.15) is 11.7 Å². The van der Waals surface area contributed by atoms with E-state index in [1.54, 1.807) is 19.9 Å². The smallest absolute Gasteiger partial charge is 0.329 e. The fraction of sp³-hybridized carbons (Fsp3) is 0.208. The Kier molecular flexibility index (Phi) is 7.22. The van der Waals surface area contributed by atoms with Crippen molar-refractivity contribution in [3.05, 3.63) is 88.3 Å². The van der Waals surface area contributed by atoms with Crippen LogP contribution < -0.4 is 16.2 Å². The topological polar surface area (TPSA) is 100 Å². The molecule has 1 aromatic heterocycles. The van der Waals surface area contributed by atoms with Crippen LogP contribution >= 0.6 is 0 Å². The third-order valence-corrected chi connectivity index (χ3v) is 4.65. The number of pyridine rings is 1. The van der Waals surface area contributed by atoms with Crippen LogP contribution in [0.4, 0.5) is 10.5 Å². The highest BCUT2D eigenvalue weighted by atomic mass is 16.5. The molecular formula is C24H25N3O4. The quantitative estimate of drug-likeness (QED) is 0.509. The van der Waals surface area contributed by atoms with E-state index in [0.29, 0.717) is 11.3 Å². The van der Waals surface area contributed by atoms with Crippen LogP contribution in [0, 0.1) is 6.92 Å². The van der Waals surface area contributed by atoms with E-state index in [4.69, 9.17) is 4.74 Å². The van der Waals surface area contributed by atoms with Crippen molar-refractivity contribution < 1.29 is 14.3 Å². The first-order valence-corrected chi connectivity index (χ1v) is 10.1. The number of esters is 1. The second kappa shape index (κ2) is 10.2. The number of hydrogen-bond acceptors (Lipinski definition) is 4. The standard InChI is InChI=1S/C24H25N3O4/c1-3-31-23(29)20(15-17-10-6-4-7-11-17)26-24(30)27-21-19(14-16(2)25-22(21)28)18-12-8-5-9-13-18/h4-14,20H,3,15H2,1-2H3,(H,25,28)(H2,26,27,30)/t20-/m0/s1. The van der Waals surface area contributed by atoms with E-state index in [2.05, 4.69) is 15.6 Å². The van der Waals surface area contributed by atoms with Crippen molar-refractivity contribution in [3.63, 3.8) is 0 Å². The third-order valence-electron chi connectivity index (χ3n) is 4.65. The molecule has 0 unspecified atom stereocenters. The summed E-state index contributed by atoms with van der Waals surface area (Å²) in [4.78, 5) is 40.5. The Labute approximate surface area is 180 Å². The van der Waals surface area contributed by atoms with Gasteiger partial charge < -0.3 is 20.4 Å². The summed E-state index contributed by atoms with van der Waals surface area (Å²) < 4.78 is 5.11. The first-order chi connectivity index (χ1) is 15.0. The number of carbonyl (C=O) groups is 2. The Morgan fingerprint density at radius 2 is 1.68 bits per heavy atom. The summed E-state index contributed by atoms with van der Waals surface area (Å²) in [6.07, 6.45) is 0.267. The number of carbonyl (C=O) groups excluding carboxylic acids is 2. The van der Waals surface area contributed by atoms with E-state index in [-0.39, 0.29) is 18.7 Å². The maximum Gasteiger partial charge on any atom is 0.329 e. The third kappa shape index (κ3) is 5.82. The van der Waals surface area contributed by atoms with Crippen molar-refractivity contribution in [2.45, 2.75) is 26.3 Å². The Morgan fingerprint density at radius 1 is 1.03 bits per heavy atom. The number of benzene rings is 2. The molecule has 0 spiro atoms. The number of nitrogens with one attached hydrogen (secondary N) is 3. The molecule has 2 amide bonds. The van der Waals surface area contributed by atoms with E-state index < -0.39 is 23.6 Å². The van der Waals surface area contributed by atoms with Crippen molar-refractivity contribution in [2.24, 2.45) is 0 Å². The van der Waals surface area contributed by atoms with Crippen LogP contribution in [0.5, 0.6) is 0 Å². The molecule has 0 saturated carbocycles. The molecule has 0 radical (unpaired) electrons. The van der Waals surface area contributed by atoms with Crippen LogP contribution in [0.2, 0.25) is 0 Å². The van der Waals surface area contributed by atoms with Gasteiger partial charge in [-0.15, -0.1) is 0 Å². The van der Waals surface area contributed by atoms with Gasteiger partial charge in [-0.05, 0) is 31.0 Å². The van der Waals surface area contributed by atoms with Crippen LogP contribution in [0.25, 0.3) is 11.1 Å². The van der Waals surface area contributed by atoms with Crippen molar-refractivity contribution in [1.82, 2.24) is 10.3 Å². The molecule has 1 atom stereocenters. The van der Waals surface area contributed by atoms with Crippen LogP contribution in [-0.4, -0.2) is 29.6 Å². The van der Waals surface area contributed by atoms with Gasteiger partial charge in [0.15, 0.2) is 0 Å². The number of hydrogen-bond donors (Lipinski definition) is 3. The molecule has 1 heterocycles. The molecule has 0 saturated heterocycles. The van der Waals surface area contributed by atoms with Crippen LogP contribution in [0.15, 0.2) is 71.5 Å². The number of aryl methyl sites for hydroxylation is 1. The average Bonchev–Trinajstić information content (AvgIpc) is 2.76. The van der Waals surface area contributed by atoms with Gasteiger partial charge in [-0.2, -0.15) is 0 Å². The molecule has 3 rings (SSSR count). The molecule has 160 valence electrons. The lowest BCUT2D eigenvalue weighted by Gasteiger charge is -2.18. The zero-order valence-electron chi connectivity index (χ0n) is 17.5. The van der Waals surface area contributed by atoms with Crippen molar-refractivity contribution in [1.29, 1.82) is 0 Å². The van der Waals surface area contributed by atoms with Crippen LogP contribution in [0.1, 0.15) is 18.2 Å². The number of amides is 2. The van der Waals surface area contributed by atoms with Gasteiger partial charge in [-0.3, -0.25) is 4.79 Å². The molecule has 31 heavy (non-hydrogen) atoms. The highest BCUT2D eigenvalue weighted by molar-refractivity contribution is 5.96. The number of aromatic amines is 1. The number of ether oxygens (including phenoxy) is 1. The minimum absolute atomic E-state index is 0.108. The molecule has 3 N–H and O–H groups in total. The minimum Gasteiger partial charge on any atom is -0.464 e. The normalized spacial score (nSPS) is 11.4. The first kappa shape index (κ1) is 21.8. The Balaban J connectivity index is 1.84. The monoisotopic (exact) mass is 419 g/mol.